The second-order valence-corrected chi connectivity index (χ2v) is 5.89. The van der Waals surface area contributed by atoms with Crippen LogP contribution in [0.25, 0.3) is 0 Å². The molecule has 21 heavy (non-hydrogen) atoms. The zero-order valence-electron chi connectivity index (χ0n) is 12.1. The number of carboxylic acid groups (broad SMARTS) is 1. The molecule has 118 valence electrons. The Morgan fingerprint density at radius 1 is 1.05 bits per heavy atom. The summed E-state index contributed by atoms with van der Waals surface area (Å²) in [5.74, 6) is -1.92. The molecule has 3 amide bonds. The number of urea groups is 1. The van der Waals surface area contributed by atoms with Gasteiger partial charge in [0.2, 0.25) is 5.91 Å². The highest BCUT2D eigenvalue weighted by atomic mass is 16.4. The normalized spacial score (nSPS) is 29.7. The average Bonchev–Trinajstić information content (AvgIpc) is 2.80. The minimum absolute atomic E-state index is 0.366. The molecule has 1 aliphatic carbocycles. The summed E-state index contributed by atoms with van der Waals surface area (Å²) in [6, 6.07) is -1.31. The van der Waals surface area contributed by atoms with Gasteiger partial charge in [0.25, 0.3) is 0 Å². The van der Waals surface area contributed by atoms with Crippen molar-refractivity contribution in [2.45, 2.75) is 57.0 Å². The first-order valence-corrected chi connectivity index (χ1v) is 7.60. The Bertz CT molecular complexity index is 426. The van der Waals surface area contributed by atoms with E-state index in [1.165, 1.54) is 4.90 Å². The van der Waals surface area contributed by atoms with E-state index in [1.54, 1.807) is 0 Å². The zero-order chi connectivity index (χ0) is 15.4. The molecule has 0 spiro atoms. The number of likely N-dealkylation sites (tertiary alicyclic amines) is 1. The Hall–Kier alpha value is -1.79. The lowest BCUT2D eigenvalue weighted by Gasteiger charge is -2.28. The van der Waals surface area contributed by atoms with Gasteiger partial charge in [0.1, 0.15) is 6.04 Å². The lowest BCUT2D eigenvalue weighted by Crippen LogP contribution is -2.52. The summed E-state index contributed by atoms with van der Waals surface area (Å²) >= 11 is 0. The second kappa shape index (κ2) is 6.78. The number of amides is 3. The fourth-order valence-corrected chi connectivity index (χ4v) is 3.32. The van der Waals surface area contributed by atoms with E-state index < -0.39 is 23.8 Å². The SMILES string of the molecule is NC(=O)C1CCCN1C(=O)NC1CCCCCC1C(=O)O. The summed E-state index contributed by atoms with van der Waals surface area (Å²) in [5.41, 5.74) is 5.30. The minimum Gasteiger partial charge on any atom is -0.481 e. The number of carbonyl (C=O) groups excluding carboxylic acids is 2. The fraction of sp³-hybridized carbons (Fsp3) is 0.786. The number of carboxylic acids is 1. The van der Waals surface area contributed by atoms with Gasteiger partial charge in [-0.1, -0.05) is 19.3 Å². The van der Waals surface area contributed by atoms with Crippen LogP contribution >= 0.6 is 0 Å². The van der Waals surface area contributed by atoms with Gasteiger partial charge in [-0.2, -0.15) is 0 Å². The molecule has 0 aromatic heterocycles. The first-order valence-electron chi connectivity index (χ1n) is 7.60. The number of nitrogens with zero attached hydrogens (tertiary/aromatic N) is 1. The van der Waals surface area contributed by atoms with Crippen LogP contribution in [0.5, 0.6) is 0 Å². The number of primary amides is 1. The molecule has 2 aliphatic rings. The molecular weight excluding hydrogens is 274 g/mol. The number of hydrogen-bond donors (Lipinski definition) is 3. The van der Waals surface area contributed by atoms with Crippen LogP contribution in [0.1, 0.15) is 44.9 Å². The highest BCUT2D eigenvalue weighted by Gasteiger charge is 2.36. The van der Waals surface area contributed by atoms with E-state index in [1.807, 2.05) is 0 Å². The van der Waals surface area contributed by atoms with Crippen LogP contribution in [0.4, 0.5) is 4.79 Å². The lowest BCUT2D eigenvalue weighted by molar-refractivity contribution is -0.143. The second-order valence-electron chi connectivity index (χ2n) is 5.89. The standard InChI is InChI=1S/C14H23N3O4/c15-12(18)11-7-4-8-17(11)14(21)16-10-6-3-1-2-5-9(10)13(19)20/h9-11H,1-8H2,(H2,15,18)(H,16,21)(H,19,20). The number of carbonyl (C=O) groups is 3. The first kappa shape index (κ1) is 15.6. The summed E-state index contributed by atoms with van der Waals surface area (Å²) in [5, 5.41) is 12.1. The molecule has 0 bridgehead atoms. The van der Waals surface area contributed by atoms with Crippen molar-refractivity contribution in [3.05, 3.63) is 0 Å². The third-order valence-corrected chi connectivity index (χ3v) is 4.48. The zero-order valence-corrected chi connectivity index (χ0v) is 12.1. The Morgan fingerprint density at radius 2 is 1.76 bits per heavy atom. The van der Waals surface area contributed by atoms with Crippen LogP contribution in [0.15, 0.2) is 0 Å². The quantitative estimate of drug-likeness (QED) is 0.665. The van der Waals surface area contributed by atoms with Crippen LogP contribution in [0.2, 0.25) is 0 Å². The Morgan fingerprint density at radius 3 is 2.43 bits per heavy atom. The number of nitrogens with two attached hydrogens (primary N) is 1. The molecule has 1 heterocycles. The van der Waals surface area contributed by atoms with Gasteiger partial charge in [0, 0.05) is 12.6 Å². The van der Waals surface area contributed by atoms with Gasteiger partial charge in [-0.15, -0.1) is 0 Å². The highest BCUT2D eigenvalue weighted by Crippen LogP contribution is 2.25. The van der Waals surface area contributed by atoms with Crippen LogP contribution in [-0.2, 0) is 9.59 Å². The van der Waals surface area contributed by atoms with Gasteiger partial charge in [0.05, 0.1) is 5.92 Å². The van der Waals surface area contributed by atoms with Crippen molar-refractivity contribution in [3.8, 4) is 0 Å². The molecule has 7 nitrogen and oxygen atoms in total. The van der Waals surface area contributed by atoms with E-state index in [9.17, 15) is 19.5 Å². The number of aliphatic carboxylic acids is 1. The highest BCUT2D eigenvalue weighted by molar-refractivity contribution is 5.86. The van der Waals surface area contributed by atoms with Gasteiger partial charge < -0.3 is 21.1 Å². The molecule has 0 aromatic carbocycles. The molecule has 3 unspecified atom stereocenters. The van der Waals surface area contributed by atoms with Gasteiger partial charge in [0.15, 0.2) is 0 Å². The monoisotopic (exact) mass is 297 g/mol. The lowest BCUT2D eigenvalue weighted by atomic mass is 9.95. The molecule has 1 saturated carbocycles. The van der Waals surface area contributed by atoms with Gasteiger partial charge in [-0.3, -0.25) is 9.59 Å². The summed E-state index contributed by atoms with van der Waals surface area (Å²) in [4.78, 5) is 36.5. The molecule has 2 rings (SSSR count). The van der Waals surface area contributed by atoms with Crippen LogP contribution < -0.4 is 11.1 Å². The van der Waals surface area contributed by atoms with E-state index in [2.05, 4.69) is 5.32 Å². The van der Waals surface area contributed by atoms with Crippen molar-refractivity contribution in [2.24, 2.45) is 11.7 Å². The number of rotatable bonds is 3. The first-order chi connectivity index (χ1) is 10.0. The third-order valence-electron chi connectivity index (χ3n) is 4.48. The molecular formula is C14H23N3O4. The molecule has 0 aromatic rings. The fourth-order valence-electron chi connectivity index (χ4n) is 3.32. The Kier molecular flexibility index (Phi) is 5.03. The molecule has 2 fully saturated rings. The van der Waals surface area contributed by atoms with Crippen molar-refractivity contribution in [3.63, 3.8) is 0 Å². The van der Waals surface area contributed by atoms with Gasteiger partial charge in [-0.05, 0) is 25.7 Å². The Balaban J connectivity index is 2.02. The van der Waals surface area contributed by atoms with Crippen LogP contribution in [0.3, 0.4) is 0 Å². The van der Waals surface area contributed by atoms with E-state index in [0.717, 1.165) is 25.7 Å². The van der Waals surface area contributed by atoms with Crippen LogP contribution in [0, 0.1) is 5.92 Å². The molecule has 1 aliphatic heterocycles. The summed E-state index contributed by atoms with van der Waals surface area (Å²) in [7, 11) is 0. The van der Waals surface area contributed by atoms with Crippen LogP contribution in [-0.4, -0.2) is 46.5 Å². The average molecular weight is 297 g/mol. The van der Waals surface area contributed by atoms with E-state index in [0.29, 0.717) is 25.8 Å². The largest absolute Gasteiger partial charge is 0.481 e. The number of nitrogens with one attached hydrogen (secondary N) is 1. The molecule has 7 heteroatoms. The number of hydrogen-bond acceptors (Lipinski definition) is 3. The molecule has 4 N–H and O–H groups in total. The maximum atomic E-state index is 12.3. The topological polar surface area (TPSA) is 113 Å². The summed E-state index contributed by atoms with van der Waals surface area (Å²) < 4.78 is 0. The van der Waals surface area contributed by atoms with Crippen molar-refractivity contribution in [2.75, 3.05) is 6.54 Å². The van der Waals surface area contributed by atoms with Gasteiger partial charge in [-0.25, -0.2) is 4.79 Å². The predicted molar refractivity (Wildman–Crippen MR) is 75.5 cm³/mol. The van der Waals surface area contributed by atoms with Crippen molar-refractivity contribution >= 4 is 17.9 Å². The van der Waals surface area contributed by atoms with E-state index in [-0.39, 0.29) is 12.1 Å². The predicted octanol–water partition coefficient (Wildman–Crippen LogP) is 0.679. The van der Waals surface area contributed by atoms with Crippen molar-refractivity contribution < 1.29 is 19.5 Å². The van der Waals surface area contributed by atoms with Gasteiger partial charge >= 0.3 is 12.0 Å². The van der Waals surface area contributed by atoms with E-state index in [4.69, 9.17) is 5.73 Å². The molecule has 3 atom stereocenters. The maximum absolute atomic E-state index is 12.3. The molecule has 1 saturated heterocycles. The summed E-state index contributed by atoms with van der Waals surface area (Å²) in [6.07, 6.45) is 5.34. The maximum Gasteiger partial charge on any atom is 0.318 e. The molecule has 0 radical (unpaired) electrons. The van der Waals surface area contributed by atoms with Crippen molar-refractivity contribution in [1.29, 1.82) is 0 Å². The third kappa shape index (κ3) is 3.65. The smallest absolute Gasteiger partial charge is 0.318 e. The Labute approximate surface area is 123 Å². The minimum atomic E-state index is -0.866. The van der Waals surface area contributed by atoms with E-state index >= 15 is 0 Å². The van der Waals surface area contributed by atoms with Crippen molar-refractivity contribution in [1.82, 2.24) is 10.2 Å². The summed E-state index contributed by atoms with van der Waals surface area (Å²) in [6.45, 7) is 0.490.